The van der Waals surface area contributed by atoms with Crippen molar-refractivity contribution in [3.8, 4) is 17.2 Å². The fourth-order valence-electron chi connectivity index (χ4n) is 4.63. The highest BCUT2D eigenvalue weighted by Gasteiger charge is 2.34. The number of nitrogens with zero attached hydrogens (tertiary/aromatic N) is 2. The molecule has 0 amide bonds. The van der Waals surface area contributed by atoms with E-state index in [0.717, 1.165) is 36.3 Å². The lowest BCUT2D eigenvalue weighted by Gasteiger charge is -2.35. The normalized spacial score (nSPS) is 26.5. The minimum Gasteiger partial charge on any atom is -0.496 e. The van der Waals surface area contributed by atoms with Crippen LogP contribution in [0.15, 0.2) is 12.1 Å². The molecule has 5 heteroatoms. The molecule has 4 heterocycles. The summed E-state index contributed by atoms with van der Waals surface area (Å²) in [5, 5.41) is 0. The molecule has 3 fully saturated rings. The van der Waals surface area contributed by atoms with Gasteiger partial charge < -0.3 is 14.2 Å². The molecule has 2 bridgehead atoms. The quantitative estimate of drug-likeness (QED) is 0.819. The lowest BCUT2D eigenvalue weighted by Crippen LogP contribution is -2.44. The van der Waals surface area contributed by atoms with Crippen LogP contribution in [0.1, 0.15) is 31.7 Å². The molecule has 0 unspecified atom stereocenters. The zero-order valence-corrected chi connectivity index (χ0v) is 15.5. The van der Waals surface area contributed by atoms with Gasteiger partial charge in [0.25, 0.3) is 0 Å². The maximum atomic E-state index is 5.77. The van der Waals surface area contributed by atoms with Crippen molar-refractivity contribution >= 4 is 0 Å². The maximum absolute atomic E-state index is 5.77. The van der Waals surface area contributed by atoms with E-state index in [1.54, 1.807) is 7.11 Å². The lowest BCUT2D eigenvalue weighted by molar-refractivity contribution is 0.131. The summed E-state index contributed by atoms with van der Waals surface area (Å²) in [6.45, 7) is 9.30. The molecule has 0 aliphatic carbocycles. The topological polar surface area (TPSA) is 34.2 Å². The largest absolute Gasteiger partial charge is 0.496 e. The van der Waals surface area contributed by atoms with Crippen molar-refractivity contribution < 1.29 is 14.2 Å². The third kappa shape index (κ3) is 3.58. The third-order valence-electron chi connectivity index (χ3n) is 5.75. The van der Waals surface area contributed by atoms with Gasteiger partial charge in [0, 0.05) is 43.9 Å². The van der Waals surface area contributed by atoms with Crippen LogP contribution in [-0.4, -0.2) is 62.3 Å². The number of piperidine rings is 1. The monoisotopic (exact) mass is 346 g/mol. The number of benzene rings is 1. The molecule has 138 valence electrons. The van der Waals surface area contributed by atoms with Gasteiger partial charge in [-0.25, -0.2) is 0 Å². The number of hydrogen-bond acceptors (Lipinski definition) is 5. The van der Waals surface area contributed by atoms with Crippen molar-refractivity contribution in [2.24, 2.45) is 5.92 Å². The predicted octanol–water partition coefficient (Wildman–Crippen LogP) is 2.77. The summed E-state index contributed by atoms with van der Waals surface area (Å²) in [4.78, 5) is 5.33. The number of fused-ring (bicyclic) bond motifs is 5. The molecule has 0 radical (unpaired) electrons. The van der Waals surface area contributed by atoms with Gasteiger partial charge in [0.2, 0.25) is 0 Å². The molecule has 0 spiro atoms. The summed E-state index contributed by atoms with van der Waals surface area (Å²) >= 11 is 0. The summed E-state index contributed by atoms with van der Waals surface area (Å²) in [6, 6.07) is 4.81. The van der Waals surface area contributed by atoms with Gasteiger partial charge in [-0.3, -0.25) is 9.80 Å². The first-order chi connectivity index (χ1) is 12.3. The smallest absolute Gasteiger partial charge is 0.165 e. The van der Waals surface area contributed by atoms with Crippen molar-refractivity contribution in [2.45, 2.75) is 38.8 Å². The molecule has 1 aromatic carbocycles. The van der Waals surface area contributed by atoms with E-state index >= 15 is 0 Å². The second-order valence-corrected chi connectivity index (χ2v) is 7.59. The molecule has 0 saturated carbocycles. The molecular formula is C20H30N2O3. The van der Waals surface area contributed by atoms with Crippen molar-refractivity contribution in [2.75, 3.05) is 46.5 Å². The first kappa shape index (κ1) is 17.0. The zero-order chi connectivity index (χ0) is 17.2. The first-order valence-electron chi connectivity index (χ1n) is 9.69. The Hall–Kier alpha value is -1.46. The summed E-state index contributed by atoms with van der Waals surface area (Å²) in [5.74, 6) is 3.36. The molecule has 5 nitrogen and oxygen atoms in total. The molecule has 4 aliphatic heterocycles. The predicted molar refractivity (Wildman–Crippen MR) is 97.6 cm³/mol. The fraction of sp³-hybridized carbons (Fsp3) is 0.700. The minimum atomic E-state index is 0.609. The second kappa shape index (κ2) is 7.42. The van der Waals surface area contributed by atoms with E-state index < -0.39 is 0 Å². The molecular weight excluding hydrogens is 316 g/mol. The molecule has 2 atom stereocenters. The molecule has 0 aromatic heterocycles. The zero-order valence-electron chi connectivity index (χ0n) is 15.5. The van der Waals surface area contributed by atoms with Gasteiger partial charge >= 0.3 is 0 Å². The van der Waals surface area contributed by atoms with Gasteiger partial charge in [-0.1, -0.05) is 6.92 Å². The van der Waals surface area contributed by atoms with Crippen molar-refractivity contribution in [1.82, 2.24) is 9.80 Å². The molecule has 25 heavy (non-hydrogen) atoms. The van der Waals surface area contributed by atoms with Crippen LogP contribution in [0, 0.1) is 5.92 Å². The molecule has 0 N–H and O–H groups in total. The Morgan fingerprint density at radius 3 is 2.64 bits per heavy atom. The van der Waals surface area contributed by atoms with Crippen LogP contribution >= 0.6 is 0 Å². The number of methoxy groups -OCH3 is 1. The van der Waals surface area contributed by atoms with Gasteiger partial charge in [-0.15, -0.1) is 0 Å². The average Bonchev–Trinajstić information content (AvgIpc) is 2.92. The van der Waals surface area contributed by atoms with Gasteiger partial charge in [-0.05, 0) is 37.8 Å². The Bertz CT molecular complexity index is 607. The molecule has 3 saturated heterocycles. The maximum Gasteiger partial charge on any atom is 0.165 e. The van der Waals surface area contributed by atoms with E-state index in [0.29, 0.717) is 19.3 Å². The number of ether oxygens (including phenoxy) is 3. The van der Waals surface area contributed by atoms with Crippen LogP contribution < -0.4 is 14.2 Å². The van der Waals surface area contributed by atoms with Crippen molar-refractivity contribution in [3.05, 3.63) is 17.7 Å². The Labute approximate surface area is 150 Å². The standard InChI is InChI=1S/C20H30N2O3/c1-3-6-22-12-15-4-5-17(22)14-21(11-15)13-16-9-19-20(10-18(16)23-2)25-8-7-24-19/h9-10,15,17H,3-8,11-14H2,1-2H3/t15-,17+/m0/s1. The Balaban J connectivity index is 1.52. The molecule has 5 rings (SSSR count). The highest BCUT2D eigenvalue weighted by atomic mass is 16.6. The van der Waals surface area contributed by atoms with Gasteiger partial charge in [-0.2, -0.15) is 0 Å². The van der Waals surface area contributed by atoms with E-state index in [4.69, 9.17) is 14.2 Å². The summed E-state index contributed by atoms with van der Waals surface area (Å²) in [7, 11) is 1.74. The van der Waals surface area contributed by atoms with E-state index in [1.807, 2.05) is 6.07 Å². The van der Waals surface area contributed by atoms with E-state index in [9.17, 15) is 0 Å². The summed E-state index contributed by atoms with van der Waals surface area (Å²) < 4.78 is 17.1. The summed E-state index contributed by atoms with van der Waals surface area (Å²) in [6.07, 6.45) is 3.97. The summed E-state index contributed by atoms with van der Waals surface area (Å²) in [5.41, 5.74) is 1.20. The second-order valence-electron chi connectivity index (χ2n) is 7.59. The van der Waals surface area contributed by atoms with Crippen LogP contribution in [0.3, 0.4) is 0 Å². The van der Waals surface area contributed by atoms with Crippen LogP contribution in [0.2, 0.25) is 0 Å². The van der Waals surface area contributed by atoms with E-state index in [1.165, 1.54) is 44.5 Å². The highest BCUT2D eigenvalue weighted by Crippen LogP contribution is 2.38. The SMILES string of the molecule is CCCN1C[C@H]2CC[C@@H]1CN(Cc1cc3c(cc1OC)OCCO3)C2. The lowest BCUT2D eigenvalue weighted by atomic mass is 9.95. The van der Waals surface area contributed by atoms with Crippen LogP contribution in [-0.2, 0) is 6.54 Å². The first-order valence-corrected chi connectivity index (χ1v) is 9.69. The third-order valence-corrected chi connectivity index (χ3v) is 5.75. The molecule has 1 aromatic rings. The number of hydrogen-bond donors (Lipinski definition) is 0. The average molecular weight is 346 g/mol. The van der Waals surface area contributed by atoms with Gasteiger partial charge in [0.1, 0.15) is 19.0 Å². The van der Waals surface area contributed by atoms with Crippen molar-refractivity contribution in [1.29, 1.82) is 0 Å². The van der Waals surface area contributed by atoms with E-state index in [2.05, 4.69) is 22.8 Å². The van der Waals surface area contributed by atoms with Crippen LogP contribution in [0.25, 0.3) is 0 Å². The van der Waals surface area contributed by atoms with Gasteiger partial charge in [0.15, 0.2) is 11.5 Å². The van der Waals surface area contributed by atoms with Crippen LogP contribution in [0.4, 0.5) is 0 Å². The Morgan fingerprint density at radius 2 is 1.88 bits per heavy atom. The Kier molecular flexibility index (Phi) is 5.04. The number of rotatable bonds is 5. The molecule has 4 aliphatic rings. The van der Waals surface area contributed by atoms with Crippen molar-refractivity contribution in [3.63, 3.8) is 0 Å². The van der Waals surface area contributed by atoms with Gasteiger partial charge in [0.05, 0.1) is 7.11 Å². The Morgan fingerprint density at radius 1 is 1.08 bits per heavy atom. The van der Waals surface area contributed by atoms with E-state index in [-0.39, 0.29) is 0 Å². The van der Waals surface area contributed by atoms with Crippen LogP contribution in [0.5, 0.6) is 17.2 Å². The fourth-order valence-corrected chi connectivity index (χ4v) is 4.63. The highest BCUT2D eigenvalue weighted by molar-refractivity contribution is 5.51. The minimum absolute atomic E-state index is 0.609.